The lowest BCUT2D eigenvalue weighted by Gasteiger charge is -2.16. The Balaban J connectivity index is 1.62. The summed E-state index contributed by atoms with van der Waals surface area (Å²) in [6.45, 7) is 8.42. The van der Waals surface area contributed by atoms with Crippen molar-refractivity contribution in [1.82, 2.24) is 0 Å². The van der Waals surface area contributed by atoms with Crippen molar-refractivity contribution >= 4 is 49.6 Å². The Bertz CT molecular complexity index is 1940. The third kappa shape index (κ3) is 4.48. The summed E-state index contributed by atoms with van der Waals surface area (Å²) in [6, 6.07) is 43.0. The molecule has 0 atom stereocenters. The summed E-state index contributed by atoms with van der Waals surface area (Å²) < 4.78 is 0. The van der Waals surface area contributed by atoms with Crippen molar-refractivity contribution in [3.63, 3.8) is 0 Å². The van der Waals surface area contributed by atoms with Gasteiger partial charge in [0.25, 0.3) is 0 Å². The topological polar surface area (TPSA) is 17.1 Å². The van der Waals surface area contributed by atoms with Gasteiger partial charge in [0.05, 0.1) is 0 Å². The molecule has 1 heteroatoms. The number of aryl methyl sites for hydroxylation is 4. The fourth-order valence-electron chi connectivity index (χ4n) is 6.66. The van der Waals surface area contributed by atoms with Crippen LogP contribution in [0.1, 0.15) is 44.5 Å². The molecular weight excluding hydrogens is 508 g/mol. The van der Waals surface area contributed by atoms with Gasteiger partial charge in [-0.3, -0.25) is 4.79 Å². The van der Waals surface area contributed by atoms with Crippen LogP contribution in [0.2, 0.25) is 0 Å². The van der Waals surface area contributed by atoms with Gasteiger partial charge < -0.3 is 0 Å². The number of allylic oxidation sites excluding steroid dienone is 4. The van der Waals surface area contributed by atoms with Crippen molar-refractivity contribution in [3.05, 3.63) is 166 Å². The Labute approximate surface area is 247 Å². The average molecular weight is 541 g/mol. The Morgan fingerprint density at radius 2 is 0.690 bits per heavy atom. The summed E-state index contributed by atoms with van der Waals surface area (Å²) in [6.07, 6.45) is 0. The first-order chi connectivity index (χ1) is 20.4. The standard InChI is InChI=1S/C41H32O/c1-25-17-26(2)20-35(19-25)39-37(33-15-13-29-9-5-7-11-31(29)23-33)38(34-16-14-30-10-6-8-12-32(30)24-34)40(41(39)42)36-21-27(3)18-28(4)22-36/h5-24H,1-4H3. The van der Waals surface area contributed by atoms with E-state index in [9.17, 15) is 4.79 Å². The van der Waals surface area contributed by atoms with Gasteiger partial charge in [-0.25, -0.2) is 0 Å². The van der Waals surface area contributed by atoms with Crippen LogP contribution in [0, 0.1) is 27.7 Å². The normalized spacial score (nSPS) is 13.6. The zero-order valence-electron chi connectivity index (χ0n) is 24.5. The second-order valence-corrected chi connectivity index (χ2v) is 11.7. The number of hydrogen-bond donors (Lipinski definition) is 0. The minimum atomic E-state index is 0.0799. The third-order valence-electron chi connectivity index (χ3n) is 8.30. The van der Waals surface area contributed by atoms with Crippen LogP contribution < -0.4 is 0 Å². The van der Waals surface area contributed by atoms with E-state index in [1.807, 2.05) is 0 Å². The molecule has 0 aliphatic heterocycles. The Morgan fingerprint density at radius 1 is 0.333 bits per heavy atom. The summed E-state index contributed by atoms with van der Waals surface area (Å²) in [5.41, 5.74) is 12.2. The molecule has 0 heterocycles. The van der Waals surface area contributed by atoms with E-state index in [0.29, 0.717) is 0 Å². The first kappa shape index (κ1) is 25.9. The van der Waals surface area contributed by atoms with E-state index in [4.69, 9.17) is 0 Å². The molecule has 6 aromatic carbocycles. The van der Waals surface area contributed by atoms with Crippen molar-refractivity contribution in [2.24, 2.45) is 0 Å². The third-order valence-corrected chi connectivity index (χ3v) is 8.30. The number of hydrogen-bond acceptors (Lipinski definition) is 1. The molecule has 1 nitrogen and oxygen atoms in total. The van der Waals surface area contributed by atoms with Gasteiger partial charge in [-0.15, -0.1) is 0 Å². The molecule has 0 N–H and O–H groups in total. The highest BCUT2D eigenvalue weighted by Gasteiger charge is 2.36. The molecule has 7 rings (SSSR count). The van der Waals surface area contributed by atoms with Gasteiger partial charge in [0.1, 0.15) is 0 Å². The molecule has 0 fully saturated rings. The van der Waals surface area contributed by atoms with Gasteiger partial charge in [0, 0.05) is 22.3 Å². The highest BCUT2D eigenvalue weighted by atomic mass is 16.1. The zero-order chi connectivity index (χ0) is 29.0. The fourth-order valence-corrected chi connectivity index (χ4v) is 6.66. The van der Waals surface area contributed by atoms with Crippen molar-refractivity contribution in [2.75, 3.05) is 0 Å². The lowest BCUT2D eigenvalue weighted by Crippen LogP contribution is -2.03. The Morgan fingerprint density at radius 3 is 1.07 bits per heavy atom. The van der Waals surface area contributed by atoms with Crippen LogP contribution in [-0.4, -0.2) is 5.78 Å². The van der Waals surface area contributed by atoms with Gasteiger partial charge in [-0.1, -0.05) is 131 Å². The second kappa shape index (κ2) is 10.1. The second-order valence-electron chi connectivity index (χ2n) is 11.7. The largest absolute Gasteiger partial charge is 0.289 e. The van der Waals surface area contributed by atoms with Crippen LogP contribution in [0.15, 0.2) is 121 Å². The maximum atomic E-state index is 14.9. The summed E-state index contributed by atoms with van der Waals surface area (Å²) in [5.74, 6) is 0.0799. The van der Waals surface area contributed by atoms with Crippen LogP contribution >= 0.6 is 0 Å². The summed E-state index contributed by atoms with van der Waals surface area (Å²) in [7, 11) is 0. The molecule has 1 aliphatic rings. The van der Waals surface area contributed by atoms with Gasteiger partial charge in [0.15, 0.2) is 5.78 Å². The lowest BCUT2D eigenvalue weighted by atomic mass is 9.87. The summed E-state index contributed by atoms with van der Waals surface area (Å²) in [5, 5.41) is 4.69. The average Bonchev–Trinajstić information content (AvgIpc) is 3.28. The van der Waals surface area contributed by atoms with E-state index in [0.717, 1.165) is 77.6 Å². The number of benzene rings is 6. The smallest absolute Gasteiger partial charge is 0.195 e. The SMILES string of the molecule is Cc1cc(C)cc(C2=C(c3ccc4ccccc4c3)C(c3ccc4ccccc4c3)=C(c3cc(C)cc(C)c3)C2=O)c1. The van der Waals surface area contributed by atoms with Crippen LogP contribution in [0.25, 0.3) is 43.8 Å². The molecule has 0 saturated heterocycles. The fraction of sp³-hybridized carbons (Fsp3) is 0.0976. The predicted octanol–water partition coefficient (Wildman–Crippen LogP) is 10.3. The lowest BCUT2D eigenvalue weighted by molar-refractivity contribution is -0.108. The molecule has 0 amide bonds. The maximum Gasteiger partial charge on any atom is 0.195 e. The maximum absolute atomic E-state index is 14.9. The number of Topliss-reactive ketones (excluding diaryl/α,β-unsaturated/α-hetero) is 1. The number of carbonyl (C=O) groups excluding carboxylic acids is 1. The molecule has 0 saturated carbocycles. The first-order valence-electron chi connectivity index (χ1n) is 14.5. The van der Waals surface area contributed by atoms with Crippen molar-refractivity contribution in [3.8, 4) is 0 Å². The monoisotopic (exact) mass is 540 g/mol. The summed E-state index contributed by atoms with van der Waals surface area (Å²) >= 11 is 0. The molecule has 0 radical (unpaired) electrons. The Hall–Kier alpha value is -5.01. The van der Waals surface area contributed by atoms with E-state index in [1.165, 1.54) is 10.8 Å². The number of carbonyl (C=O) groups is 1. The highest BCUT2D eigenvalue weighted by Crippen LogP contribution is 2.50. The summed E-state index contributed by atoms with van der Waals surface area (Å²) in [4.78, 5) is 14.9. The number of fused-ring (bicyclic) bond motifs is 2. The highest BCUT2D eigenvalue weighted by molar-refractivity contribution is 6.59. The molecule has 1 aliphatic carbocycles. The van der Waals surface area contributed by atoms with Crippen LogP contribution in [0.5, 0.6) is 0 Å². The molecule has 0 bridgehead atoms. The molecule has 0 aromatic heterocycles. The molecular formula is C41H32O. The number of rotatable bonds is 4. The van der Waals surface area contributed by atoms with Gasteiger partial charge in [-0.2, -0.15) is 0 Å². The van der Waals surface area contributed by atoms with Crippen LogP contribution in [0.3, 0.4) is 0 Å². The van der Waals surface area contributed by atoms with Gasteiger partial charge in [-0.05, 0) is 83.6 Å². The quantitative estimate of drug-likeness (QED) is 0.217. The van der Waals surface area contributed by atoms with Gasteiger partial charge in [0.2, 0.25) is 0 Å². The van der Waals surface area contributed by atoms with E-state index in [1.54, 1.807) is 0 Å². The molecule has 42 heavy (non-hydrogen) atoms. The van der Waals surface area contributed by atoms with Crippen molar-refractivity contribution in [2.45, 2.75) is 27.7 Å². The zero-order valence-corrected chi connectivity index (χ0v) is 24.5. The minimum Gasteiger partial charge on any atom is -0.289 e. The molecule has 202 valence electrons. The van der Waals surface area contributed by atoms with Crippen LogP contribution in [-0.2, 0) is 4.79 Å². The van der Waals surface area contributed by atoms with E-state index in [2.05, 4.69) is 149 Å². The van der Waals surface area contributed by atoms with E-state index in [-0.39, 0.29) is 5.78 Å². The number of ketones is 1. The molecule has 6 aromatic rings. The predicted molar refractivity (Wildman–Crippen MR) is 178 cm³/mol. The van der Waals surface area contributed by atoms with Crippen LogP contribution in [0.4, 0.5) is 0 Å². The minimum absolute atomic E-state index is 0.0799. The Kier molecular flexibility index (Phi) is 6.25. The van der Waals surface area contributed by atoms with E-state index < -0.39 is 0 Å². The first-order valence-corrected chi connectivity index (χ1v) is 14.5. The van der Waals surface area contributed by atoms with E-state index >= 15 is 0 Å². The van der Waals surface area contributed by atoms with Crippen molar-refractivity contribution < 1.29 is 4.79 Å². The van der Waals surface area contributed by atoms with Crippen molar-refractivity contribution in [1.29, 1.82) is 0 Å². The molecule has 0 spiro atoms. The molecule has 0 unspecified atom stereocenters. The van der Waals surface area contributed by atoms with Gasteiger partial charge >= 0.3 is 0 Å².